The summed E-state index contributed by atoms with van der Waals surface area (Å²) in [5.74, 6) is 12.4. The molecule has 352 valence electrons. The fourth-order valence-corrected chi connectivity index (χ4v) is 16.0. The normalized spacial score (nSPS) is 40.5. The maximum absolute atomic E-state index is 13.0. The van der Waals surface area contributed by atoms with Crippen molar-refractivity contribution in [3.63, 3.8) is 0 Å². The van der Waals surface area contributed by atoms with Crippen molar-refractivity contribution < 1.29 is 19.1 Å². The summed E-state index contributed by atoms with van der Waals surface area (Å²) in [4.78, 5) is 25.5. The maximum atomic E-state index is 13.0. The van der Waals surface area contributed by atoms with Crippen LogP contribution in [0.3, 0.4) is 0 Å². The van der Waals surface area contributed by atoms with Gasteiger partial charge in [0.2, 0.25) is 0 Å². The first kappa shape index (κ1) is 49.7. The molecule has 18 unspecified atom stereocenters. The molecule has 0 spiro atoms. The number of carbonyl (C=O) groups is 2. The van der Waals surface area contributed by atoms with Gasteiger partial charge < -0.3 is 9.47 Å². The van der Waals surface area contributed by atoms with Crippen molar-refractivity contribution in [3.8, 4) is 0 Å². The first-order valence-electron chi connectivity index (χ1n) is 27.2. The van der Waals surface area contributed by atoms with Crippen LogP contribution in [0, 0.1) is 101 Å². The molecule has 0 heterocycles. The Morgan fingerprint density at radius 2 is 1.02 bits per heavy atom. The van der Waals surface area contributed by atoms with Gasteiger partial charge in [-0.15, -0.1) is 0 Å². The minimum Gasteiger partial charge on any atom is -0.469 e. The third kappa shape index (κ3) is 12.6. The zero-order chi connectivity index (χ0) is 44.3. The Balaban J connectivity index is 1.16. The molecule has 0 bridgehead atoms. The summed E-state index contributed by atoms with van der Waals surface area (Å²) in [6.07, 6.45) is 29.3. The summed E-state index contributed by atoms with van der Waals surface area (Å²) in [6.45, 7) is 20.2. The van der Waals surface area contributed by atoms with Gasteiger partial charge in [-0.3, -0.25) is 9.59 Å². The molecule has 1 aromatic rings. The molecule has 18 atom stereocenters. The lowest BCUT2D eigenvalue weighted by Crippen LogP contribution is -2.47. The molecule has 4 heteroatoms. The number of ether oxygens (including phenoxy) is 2. The highest BCUT2D eigenvalue weighted by atomic mass is 16.5. The molecular formula is C58H96O4. The Hall–Kier alpha value is -1.68. The second-order valence-electron chi connectivity index (χ2n) is 23.3. The number of rotatable bonds is 19. The molecule has 5 saturated carbocycles. The van der Waals surface area contributed by atoms with Crippen LogP contribution < -0.4 is 0 Å². The van der Waals surface area contributed by atoms with Crippen molar-refractivity contribution in [2.45, 2.75) is 209 Å². The van der Waals surface area contributed by atoms with Crippen molar-refractivity contribution >= 4 is 11.8 Å². The predicted octanol–water partition coefficient (Wildman–Crippen LogP) is 15.6. The van der Waals surface area contributed by atoms with Gasteiger partial charge in [-0.05, 0) is 178 Å². The highest BCUT2D eigenvalue weighted by molar-refractivity contribution is 5.78. The molecule has 0 amide bonds. The zero-order valence-electron chi connectivity index (χ0n) is 41.7. The molecule has 0 N–H and O–H groups in total. The van der Waals surface area contributed by atoms with E-state index in [9.17, 15) is 9.59 Å². The van der Waals surface area contributed by atoms with Crippen LogP contribution in [-0.2, 0) is 25.7 Å². The predicted molar refractivity (Wildman–Crippen MR) is 258 cm³/mol. The standard InChI is InChI=1S/C58H96O4/c1-10-12-14-19-23-45-35-56(54-33-40(5)52(31-42(54)7)48-26-28-50(58(60)61-9)57(36-48)62-37-44-21-17-16-18-22-44)46(24-20-15-13-11-2)34-55(45)53-32-39(4)51(30-41(53)6)47-25-27-49(43(8)59)38(3)29-47/h16-18,21-22,38-42,45-57H,10-15,19-20,23-37H2,1-9H3. The Bertz CT molecular complexity index is 1470. The summed E-state index contributed by atoms with van der Waals surface area (Å²) in [5, 5.41) is 0. The quantitative estimate of drug-likeness (QED) is 0.103. The van der Waals surface area contributed by atoms with Gasteiger partial charge in [0.25, 0.3) is 0 Å². The molecule has 5 aliphatic carbocycles. The van der Waals surface area contributed by atoms with E-state index >= 15 is 0 Å². The van der Waals surface area contributed by atoms with Crippen LogP contribution in [0.4, 0.5) is 0 Å². The van der Waals surface area contributed by atoms with Crippen LogP contribution in [0.5, 0.6) is 0 Å². The monoisotopic (exact) mass is 857 g/mol. The van der Waals surface area contributed by atoms with Crippen LogP contribution in [0.25, 0.3) is 0 Å². The van der Waals surface area contributed by atoms with Crippen molar-refractivity contribution in [3.05, 3.63) is 35.9 Å². The van der Waals surface area contributed by atoms with Crippen molar-refractivity contribution in [2.24, 2.45) is 101 Å². The van der Waals surface area contributed by atoms with Gasteiger partial charge in [0.15, 0.2) is 0 Å². The number of hydrogen-bond acceptors (Lipinski definition) is 4. The lowest BCUT2D eigenvalue weighted by Gasteiger charge is -2.55. The number of Topliss-reactive ketones (excluding diaryl/α,β-unsaturated/α-hetero) is 1. The first-order valence-corrected chi connectivity index (χ1v) is 27.2. The van der Waals surface area contributed by atoms with Gasteiger partial charge >= 0.3 is 5.97 Å². The zero-order valence-corrected chi connectivity index (χ0v) is 41.7. The molecule has 0 radical (unpaired) electrons. The molecular weight excluding hydrogens is 761 g/mol. The van der Waals surface area contributed by atoms with E-state index in [4.69, 9.17) is 9.47 Å². The number of hydrogen-bond donors (Lipinski definition) is 0. The first-order chi connectivity index (χ1) is 29.9. The maximum Gasteiger partial charge on any atom is 0.311 e. The molecule has 62 heavy (non-hydrogen) atoms. The molecule has 1 aromatic carbocycles. The van der Waals surface area contributed by atoms with Crippen LogP contribution in [0.1, 0.15) is 202 Å². The van der Waals surface area contributed by atoms with Crippen LogP contribution >= 0.6 is 0 Å². The molecule has 0 saturated heterocycles. The van der Waals surface area contributed by atoms with Gasteiger partial charge in [0.05, 0.1) is 25.7 Å². The number of benzene rings is 1. The van der Waals surface area contributed by atoms with E-state index in [0.29, 0.717) is 36.1 Å². The number of ketones is 1. The summed E-state index contributed by atoms with van der Waals surface area (Å²) < 4.78 is 12.0. The van der Waals surface area contributed by atoms with Crippen LogP contribution in [-0.4, -0.2) is 25.0 Å². The number of carbonyl (C=O) groups excluding carboxylic acids is 2. The fourth-order valence-electron chi connectivity index (χ4n) is 16.0. The largest absolute Gasteiger partial charge is 0.469 e. The summed E-state index contributed by atoms with van der Waals surface area (Å²) in [7, 11) is 1.55. The molecule has 6 rings (SSSR count). The molecule has 5 aliphatic rings. The van der Waals surface area contributed by atoms with E-state index in [1.807, 2.05) is 6.92 Å². The summed E-state index contributed by atoms with van der Waals surface area (Å²) in [6, 6.07) is 10.5. The lowest BCUT2D eigenvalue weighted by atomic mass is 9.51. The topological polar surface area (TPSA) is 52.6 Å². The van der Waals surface area contributed by atoms with Gasteiger partial charge in [-0.1, -0.05) is 143 Å². The molecule has 4 nitrogen and oxygen atoms in total. The fraction of sp³-hybridized carbons (Fsp3) is 0.862. The third-order valence-electron chi connectivity index (χ3n) is 19.4. The van der Waals surface area contributed by atoms with Gasteiger partial charge in [-0.25, -0.2) is 0 Å². The van der Waals surface area contributed by atoms with E-state index in [2.05, 4.69) is 78.8 Å². The third-order valence-corrected chi connectivity index (χ3v) is 19.4. The second-order valence-corrected chi connectivity index (χ2v) is 23.3. The van der Waals surface area contributed by atoms with E-state index in [0.717, 1.165) is 96.7 Å². The van der Waals surface area contributed by atoms with Crippen molar-refractivity contribution in [1.82, 2.24) is 0 Å². The molecule has 0 aliphatic heterocycles. The van der Waals surface area contributed by atoms with E-state index in [1.54, 1.807) is 7.11 Å². The van der Waals surface area contributed by atoms with Crippen molar-refractivity contribution in [2.75, 3.05) is 7.11 Å². The Morgan fingerprint density at radius 3 is 1.50 bits per heavy atom. The lowest BCUT2D eigenvalue weighted by molar-refractivity contribution is -0.156. The number of methoxy groups -OCH3 is 1. The number of esters is 1. The van der Waals surface area contributed by atoms with E-state index in [-0.39, 0.29) is 18.0 Å². The molecule has 5 fully saturated rings. The SMILES string of the molecule is CCCCCCC1CC(C2CC(C)C(C3CCC(C(=O)OC)C(OCc4ccccc4)C3)CC2C)C(CCCCCC)CC1C1CC(C)C(C2CCC(C(C)=O)C(C)C2)CC1C. The van der Waals surface area contributed by atoms with Crippen molar-refractivity contribution in [1.29, 1.82) is 0 Å². The second kappa shape index (κ2) is 24.2. The number of unbranched alkanes of at least 4 members (excludes halogenated alkanes) is 6. The highest BCUT2D eigenvalue weighted by Crippen LogP contribution is 2.58. The Kier molecular flexibility index (Phi) is 19.4. The van der Waals surface area contributed by atoms with Gasteiger partial charge in [0, 0.05) is 5.92 Å². The van der Waals surface area contributed by atoms with E-state index in [1.165, 1.54) is 121 Å². The van der Waals surface area contributed by atoms with Crippen LogP contribution in [0.15, 0.2) is 30.3 Å². The van der Waals surface area contributed by atoms with Gasteiger partial charge in [0.1, 0.15) is 5.78 Å². The smallest absolute Gasteiger partial charge is 0.311 e. The van der Waals surface area contributed by atoms with E-state index < -0.39 is 0 Å². The highest BCUT2D eigenvalue weighted by Gasteiger charge is 2.50. The minimum atomic E-state index is -0.154. The average molecular weight is 857 g/mol. The van der Waals surface area contributed by atoms with Gasteiger partial charge in [-0.2, -0.15) is 0 Å². The Labute approximate surface area is 382 Å². The summed E-state index contributed by atoms with van der Waals surface area (Å²) >= 11 is 0. The average Bonchev–Trinajstić information content (AvgIpc) is 3.27. The van der Waals surface area contributed by atoms with Crippen LogP contribution in [0.2, 0.25) is 0 Å². The Morgan fingerprint density at radius 1 is 0.532 bits per heavy atom. The summed E-state index contributed by atoms with van der Waals surface area (Å²) in [5.41, 5.74) is 1.18. The molecule has 0 aromatic heterocycles. The minimum absolute atomic E-state index is 0.0663.